The van der Waals surface area contributed by atoms with Crippen molar-refractivity contribution in [3.8, 4) is 9.88 Å². The van der Waals surface area contributed by atoms with Crippen LogP contribution in [0.3, 0.4) is 0 Å². The largest absolute Gasteiger partial charge is 0.453 e. The molecule has 1 aromatic carbocycles. The van der Waals surface area contributed by atoms with Gasteiger partial charge in [-0.25, -0.2) is 9.78 Å². The van der Waals surface area contributed by atoms with Crippen LogP contribution in [0, 0.1) is 0 Å². The van der Waals surface area contributed by atoms with Gasteiger partial charge in [0.2, 0.25) is 5.91 Å². The molecule has 0 fully saturated rings. The van der Waals surface area contributed by atoms with Crippen molar-refractivity contribution < 1.29 is 19.1 Å². The lowest BCUT2D eigenvalue weighted by Gasteiger charge is -2.06. The fourth-order valence-electron chi connectivity index (χ4n) is 2.76. The number of hydrogen-bond acceptors (Lipinski definition) is 7. The minimum atomic E-state index is -0.631. The lowest BCUT2D eigenvalue weighted by molar-refractivity contribution is -0.116. The number of carbonyl (C=O) groups is 3. The van der Waals surface area contributed by atoms with E-state index in [9.17, 15) is 14.4 Å². The van der Waals surface area contributed by atoms with Gasteiger partial charge in [-0.15, -0.1) is 22.7 Å². The number of thiophene rings is 1. The average Bonchev–Trinajstić information content (AvgIpc) is 3.40. The molecule has 136 valence electrons. The van der Waals surface area contributed by atoms with Gasteiger partial charge in [0.15, 0.2) is 18.1 Å². The minimum Gasteiger partial charge on any atom is -0.453 e. The Hall–Kier alpha value is -2.84. The molecule has 3 heterocycles. The van der Waals surface area contributed by atoms with E-state index in [-0.39, 0.29) is 29.9 Å². The number of amides is 1. The van der Waals surface area contributed by atoms with Gasteiger partial charge in [-0.3, -0.25) is 9.59 Å². The van der Waals surface area contributed by atoms with E-state index in [1.165, 1.54) is 22.7 Å². The quantitative estimate of drug-likeness (QED) is 0.519. The summed E-state index contributed by atoms with van der Waals surface area (Å²) in [6.07, 6.45) is 0. The first-order chi connectivity index (χ1) is 13.0. The number of esters is 1. The van der Waals surface area contributed by atoms with Gasteiger partial charge in [-0.1, -0.05) is 6.07 Å². The summed E-state index contributed by atoms with van der Waals surface area (Å²) in [7, 11) is 0. The summed E-state index contributed by atoms with van der Waals surface area (Å²) < 4.78 is 5.12. The highest BCUT2D eigenvalue weighted by Crippen LogP contribution is 2.33. The molecule has 6 nitrogen and oxygen atoms in total. The van der Waals surface area contributed by atoms with Crippen molar-refractivity contribution in [2.45, 2.75) is 12.8 Å². The topological polar surface area (TPSA) is 85.4 Å². The molecule has 3 aromatic rings. The third-order valence-electron chi connectivity index (χ3n) is 4.27. The number of Topliss-reactive ketones (excluding diaryl/α,β-unsaturated/α-hetero) is 1. The predicted octanol–water partition coefficient (Wildman–Crippen LogP) is 3.97. The molecule has 0 saturated carbocycles. The maximum Gasteiger partial charge on any atom is 0.358 e. The second-order valence-corrected chi connectivity index (χ2v) is 7.83. The average molecular weight is 398 g/mol. The van der Waals surface area contributed by atoms with E-state index in [0.29, 0.717) is 11.3 Å². The van der Waals surface area contributed by atoms with E-state index in [0.717, 1.165) is 15.4 Å². The number of aromatic nitrogens is 1. The van der Waals surface area contributed by atoms with Crippen molar-refractivity contribution >= 4 is 46.0 Å². The first kappa shape index (κ1) is 17.6. The maximum absolute atomic E-state index is 12.4. The highest BCUT2D eigenvalue weighted by atomic mass is 32.1. The van der Waals surface area contributed by atoms with Crippen LogP contribution in [0.25, 0.3) is 9.88 Å². The summed E-state index contributed by atoms with van der Waals surface area (Å²) in [5, 5.41) is 7.06. The number of hydrogen-bond donors (Lipinski definition) is 1. The second kappa shape index (κ2) is 7.05. The number of carbonyl (C=O) groups excluding carboxylic acids is 3. The standard InChI is InChI=1S/C19H14N2O4S2/c1-10-12-7-11(4-5-13(12)20-17(10)23)15(22)8-25-19(24)14-9-27-18(21-14)16-3-2-6-26-16/h2-7,9-10H,8H2,1H3,(H,20,23)/t10-/m0/s1. The molecule has 1 atom stereocenters. The van der Waals surface area contributed by atoms with Gasteiger partial charge >= 0.3 is 5.97 Å². The van der Waals surface area contributed by atoms with Crippen molar-refractivity contribution in [2.24, 2.45) is 0 Å². The Bertz CT molecular complexity index is 1040. The van der Waals surface area contributed by atoms with Crippen LogP contribution in [-0.4, -0.2) is 29.3 Å². The summed E-state index contributed by atoms with van der Waals surface area (Å²) in [4.78, 5) is 41.5. The van der Waals surface area contributed by atoms with Gasteiger partial charge in [0.05, 0.1) is 10.8 Å². The Kier molecular flexibility index (Phi) is 4.59. The molecule has 1 aliphatic heterocycles. The molecule has 1 aliphatic rings. The predicted molar refractivity (Wildman–Crippen MR) is 104 cm³/mol. The number of rotatable bonds is 5. The molecule has 27 heavy (non-hydrogen) atoms. The summed E-state index contributed by atoms with van der Waals surface area (Å²) >= 11 is 2.89. The second-order valence-electron chi connectivity index (χ2n) is 6.03. The number of ketones is 1. The number of fused-ring (bicyclic) bond motifs is 1. The fourth-order valence-corrected chi connectivity index (χ4v) is 4.36. The van der Waals surface area contributed by atoms with Crippen LogP contribution in [0.4, 0.5) is 5.69 Å². The molecule has 4 rings (SSSR count). The molecule has 0 aliphatic carbocycles. The molecule has 8 heteroatoms. The van der Waals surface area contributed by atoms with E-state index in [2.05, 4.69) is 10.3 Å². The molecular formula is C19H14N2O4S2. The fraction of sp³-hybridized carbons (Fsp3) is 0.158. The molecule has 0 radical (unpaired) electrons. The summed E-state index contributed by atoms with van der Waals surface area (Å²) in [6, 6.07) is 8.82. The summed E-state index contributed by atoms with van der Waals surface area (Å²) in [5.41, 5.74) is 2.08. The Morgan fingerprint density at radius 3 is 2.89 bits per heavy atom. The monoisotopic (exact) mass is 398 g/mol. The zero-order chi connectivity index (χ0) is 19.0. The van der Waals surface area contributed by atoms with Gasteiger partial charge in [0.25, 0.3) is 0 Å². The Morgan fingerprint density at radius 2 is 2.11 bits per heavy atom. The van der Waals surface area contributed by atoms with Crippen molar-refractivity contribution in [1.82, 2.24) is 4.98 Å². The zero-order valence-corrected chi connectivity index (χ0v) is 15.9. The molecule has 2 aromatic heterocycles. The Morgan fingerprint density at radius 1 is 1.26 bits per heavy atom. The van der Waals surface area contributed by atoms with E-state index >= 15 is 0 Å². The minimum absolute atomic E-state index is 0.0916. The van der Waals surface area contributed by atoms with E-state index in [1.54, 1.807) is 30.5 Å². The zero-order valence-electron chi connectivity index (χ0n) is 14.2. The van der Waals surface area contributed by atoms with Crippen molar-refractivity contribution in [2.75, 3.05) is 11.9 Å². The molecule has 0 bridgehead atoms. The van der Waals surface area contributed by atoms with E-state index in [1.807, 2.05) is 17.5 Å². The SMILES string of the molecule is C[C@@H]1C(=O)Nc2ccc(C(=O)COC(=O)c3csc(-c4cccs4)n3)cc21. The van der Waals surface area contributed by atoms with Crippen LogP contribution in [0.2, 0.25) is 0 Å². The number of nitrogens with one attached hydrogen (secondary N) is 1. The number of ether oxygens (including phenoxy) is 1. The Labute approximate surface area is 162 Å². The van der Waals surface area contributed by atoms with Crippen molar-refractivity contribution in [1.29, 1.82) is 0 Å². The van der Waals surface area contributed by atoms with Crippen LogP contribution in [0.1, 0.15) is 39.3 Å². The maximum atomic E-state index is 12.4. The number of nitrogens with zero attached hydrogens (tertiary/aromatic N) is 1. The lowest BCUT2D eigenvalue weighted by atomic mass is 9.99. The van der Waals surface area contributed by atoms with Crippen molar-refractivity contribution in [3.05, 3.63) is 57.9 Å². The molecule has 1 amide bonds. The van der Waals surface area contributed by atoms with Crippen LogP contribution < -0.4 is 5.32 Å². The molecule has 0 spiro atoms. The number of thiazole rings is 1. The van der Waals surface area contributed by atoms with E-state index < -0.39 is 5.97 Å². The molecule has 0 unspecified atom stereocenters. The smallest absolute Gasteiger partial charge is 0.358 e. The van der Waals surface area contributed by atoms with E-state index in [4.69, 9.17) is 4.74 Å². The van der Waals surface area contributed by atoms with Gasteiger partial charge in [0, 0.05) is 16.6 Å². The first-order valence-electron chi connectivity index (χ1n) is 8.17. The third-order valence-corrected chi connectivity index (χ3v) is 6.15. The van der Waals surface area contributed by atoms with Crippen LogP contribution in [-0.2, 0) is 9.53 Å². The van der Waals surface area contributed by atoms with Gasteiger partial charge < -0.3 is 10.1 Å². The summed E-state index contributed by atoms with van der Waals surface area (Å²) in [5.74, 6) is -1.35. The molecule has 1 N–H and O–H groups in total. The van der Waals surface area contributed by atoms with Crippen LogP contribution >= 0.6 is 22.7 Å². The first-order valence-corrected chi connectivity index (χ1v) is 9.93. The highest BCUT2D eigenvalue weighted by Gasteiger charge is 2.27. The normalized spacial score (nSPS) is 15.3. The van der Waals surface area contributed by atoms with Crippen molar-refractivity contribution in [3.63, 3.8) is 0 Å². The Balaban J connectivity index is 1.41. The molecular weight excluding hydrogens is 384 g/mol. The van der Waals surface area contributed by atoms with Gasteiger partial charge in [-0.05, 0) is 42.1 Å². The number of benzene rings is 1. The third kappa shape index (κ3) is 3.41. The van der Waals surface area contributed by atoms with Crippen LogP contribution in [0.5, 0.6) is 0 Å². The van der Waals surface area contributed by atoms with Gasteiger partial charge in [0.1, 0.15) is 5.01 Å². The number of anilines is 1. The summed E-state index contributed by atoms with van der Waals surface area (Å²) in [6.45, 7) is 1.40. The lowest BCUT2D eigenvalue weighted by Crippen LogP contribution is -2.14. The highest BCUT2D eigenvalue weighted by molar-refractivity contribution is 7.20. The molecule has 0 saturated heterocycles. The van der Waals surface area contributed by atoms with Crippen LogP contribution in [0.15, 0.2) is 41.1 Å². The van der Waals surface area contributed by atoms with Gasteiger partial charge in [-0.2, -0.15) is 0 Å².